The highest BCUT2D eigenvalue weighted by Gasteiger charge is 2.30. The Morgan fingerprint density at radius 3 is 1.78 bits per heavy atom. The van der Waals surface area contributed by atoms with Crippen LogP contribution in [-0.4, -0.2) is 16.2 Å². The first-order valence-electron chi connectivity index (χ1n) is 18.8. The van der Waals surface area contributed by atoms with Crippen molar-refractivity contribution in [1.29, 1.82) is 0 Å². The second-order valence-electron chi connectivity index (χ2n) is 17.7. The van der Waals surface area contributed by atoms with E-state index in [4.69, 9.17) is 9.72 Å². The lowest BCUT2D eigenvalue weighted by Crippen LogP contribution is -2.25. The van der Waals surface area contributed by atoms with Crippen LogP contribution < -0.4 is 14.5 Å². The fourth-order valence-corrected chi connectivity index (χ4v) is 7.43. The minimum Gasteiger partial charge on any atom is -0.457 e. The molecule has 3 heterocycles. The van der Waals surface area contributed by atoms with Crippen LogP contribution in [0, 0.1) is 5.82 Å². The molecule has 0 N–H and O–H groups in total. The lowest BCUT2D eigenvalue weighted by Gasteiger charge is -2.29. The number of pyridine rings is 1. The normalized spacial score (nSPS) is 13.6. The second kappa shape index (κ2) is 12.8. The van der Waals surface area contributed by atoms with Crippen molar-refractivity contribution in [2.45, 2.75) is 78.6 Å². The Morgan fingerprint density at radius 2 is 1.13 bits per heavy atom. The Bertz CT molecular complexity index is 2510. The summed E-state index contributed by atoms with van der Waals surface area (Å²) in [4.78, 5) is 9.54. The number of nitrogens with zero attached hydrogens (tertiary/aromatic N) is 4. The maximum Gasteiger partial charge on any atom is 0.137 e. The molecule has 0 bridgehead atoms. The van der Waals surface area contributed by atoms with E-state index in [1.807, 2.05) is 47.2 Å². The van der Waals surface area contributed by atoms with Crippen molar-refractivity contribution in [3.8, 4) is 17.3 Å². The Balaban J connectivity index is 1.16. The number of para-hydroxylation sites is 2. The Kier molecular flexibility index (Phi) is 8.37. The molecule has 5 nitrogen and oxygen atoms in total. The second-order valence-corrected chi connectivity index (χ2v) is 17.7. The van der Waals surface area contributed by atoms with Gasteiger partial charge in [0, 0.05) is 40.5 Å². The van der Waals surface area contributed by atoms with Crippen molar-refractivity contribution >= 4 is 44.6 Å². The van der Waals surface area contributed by atoms with Crippen molar-refractivity contribution in [3.05, 3.63) is 144 Å². The molecular formula is C48H49FN4O. The van der Waals surface area contributed by atoms with Crippen molar-refractivity contribution in [2.24, 2.45) is 0 Å². The van der Waals surface area contributed by atoms with Gasteiger partial charge >= 0.3 is 0 Å². The summed E-state index contributed by atoms with van der Waals surface area (Å²) < 4.78 is 23.4. The van der Waals surface area contributed by atoms with E-state index in [0.29, 0.717) is 12.4 Å². The molecule has 274 valence electrons. The maximum atomic E-state index is 14.7. The van der Waals surface area contributed by atoms with Crippen LogP contribution in [0.1, 0.15) is 79.0 Å². The van der Waals surface area contributed by atoms with Crippen LogP contribution in [0.2, 0.25) is 0 Å². The molecule has 54 heavy (non-hydrogen) atoms. The third-order valence-corrected chi connectivity index (χ3v) is 10.6. The molecule has 2 aromatic heterocycles. The molecule has 5 aromatic carbocycles. The summed E-state index contributed by atoms with van der Waals surface area (Å²) in [6.07, 6.45) is 1.83. The number of aromatic nitrogens is 2. The summed E-state index contributed by atoms with van der Waals surface area (Å²) in [5.74, 6) is 1.87. The third-order valence-electron chi connectivity index (χ3n) is 10.6. The minimum atomic E-state index is -0.287. The predicted molar refractivity (Wildman–Crippen MR) is 223 cm³/mol. The van der Waals surface area contributed by atoms with Crippen LogP contribution in [-0.2, 0) is 16.2 Å². The monoisotopic (exact) mass is 716 g/mol. The zero-order valence-corrected chi connectivity index (χ0v) is 32.8. The maximum absolute atomic E-state index is 14.7. The summed E-state index contributed by atoms with van der Waals surface area (Å²) >= 11 is 0. The van der Waals surface area contributed by atoms with Gasteiger partial charge in [-0.2, -0.15) is 0 Å². The Morgan fingerprint density at radius 1 is 0.537 bits per heavy atom. The third kappa shape index (κ3) is 6.48. The number of benzene rings is 5. The molecule has 0 unspecified atom stereocenters. The van der Waals surface area contributed by atoms with Crippen molar-refractivity contribution < 1.29 is 9.13 Å². The number of hydrogen-bond donors (Lipinski definition) is 0. The van der Waals surface area contributed by atoms with Gasteiger partial charge in [0.2, 0.25) is 0 Å². The molecule has 0 radical (unpaired) electrons. The van der Waals surface area contributed by atoms with E-state index in [1.165, 1.54) is 28.6 Å². The number of fused-ring (bicyclic) bond motifs is 4. The smallest absolute Gasteiger partial charge is 0.137 e. The lowest BCUT2D eigenvalue weighted by molar-refractivity contribution is 0.483. The van der Waals surface area contributed by atoms with Crippen molar-refractivity contribution in [3.63, 3.8) is 0 Å². The van der Waals surface area contributed by atoms with E-state index < -0.39 is 0 Å². The molecule has 0 fully saturated rings. The minimum absolute atomic E-state index is 0.0150. The van der Waals surface area contributed by atoms with E-state index in [9.17, 15) is 4.39 Å². The van der Waals surface area contributed by atoms with Crippen LogP contribution in [0.5, 0.6) is 11.5 Å². The van der Waals surface area contributed by atoms with Crippen LogP contribution in [0.3, 0.4) is 0 Å². The fraction of sp³-hybridized carbons (Fsp3) is 0.271. The molecule has 6 heteroatoms. The van der Waals surface area contributed by atoms with Gasteiger partial charge in [-0.1, -0.05) is 86.6 Å². The highest BCUT2D eigenvalue weighted by atomic mass is 19.1. The molecule has 0 saturated heterocycles. The van der Waals surface area contributed by atoms with Gasteiger partial charge in [-0.15, -0.1) is 0 Å². The van der Waals surface area contributed by atoms with E-state index >= 15 is 0 Å². The molecule has 0 spiro atoms. The first-order valence-corrected chi connectivity index (χ1v) is 18.8. The molecule has 0 aliphatic carbocycles. The molecule has 0 saturated carbocycles. The summed E-state index contributed by atoms with van der Waals surface area (Å²) in [5.41, 5.74) is 10.0. The first kappa shape index (κ1) is 35.4. The van der Waals surface area contributed by atoms with Crippen molar-refractivity contribution in [1.82, 2.24) is 9.55 Å². The topological polar surface area (TPSA) is 33.5 Å². The Hall–Kier alpha value is -5.62. The molecule has 1 aliphatic heterocycles. The highest BCUT2D eigenvalue weighted by molar-refractivity contribution is 6.09. The van der Waals surface area contributed by atoms with Gasteiger partial charge < -0.3 is 14.5 Å². The van der Waals surface area contributed by atoms with E-state index in [0.717, 1.165) is 50.3 Å². The van der Waals surface area contributed by atoms with Gasteiger partial charge in [-0.05, 0) is 112 Å². The van der Waals surface area contributed by atoms with Gasteiger partial charge in [0.15, 0.2) is 0 Å². The largest absolute Gasteiger partial charge is 0.457 e. The number of hydrogen-bond acceptors (Lipinski definition) is 4. The van der Waals surface area contributed by atoms with Crippen molar-refractivity contribution in [2.75, 3.05) is 16.5 Å². The van der Waals surface area contributed by atoms with E-state index in [2.05, 4.69) is 139 Å². The summed E-state index contributed by atoms with van der Waals surface area (Å²) in [6, 6.07) is 39.2. The molecule has 1 aliphatic rings. The van der Waals surface area contributed by atoms with E-state index in [-0.39, 0.29) is 22.1 Å². The fourth-order valence-electron chi connectivity index (χ4n) is 7.43. The first-order chi connectivity index (χ1) is 25.5. The summed E-state index contributed by atoms with van der Waals surface area (Å²) in [6.45, 7) is 20.9. The van der Waals surface area contributed by atoms with Gasteiger partial charge in [-0.3, -0.25) is 4.57 Å². The molecular weight excluding hydrogens is 668 g/mol. The predicted octanol–water partition coefficient (Wildman–Crippen LogP) is 13.2. The van der Waals surface area contributed by atoms with Crippen LogP contribution in [0.4, 0.5) is 27.1 Å². The highest BCUT2D eigenvalue weighted by Crippen LogP contribution is 2.46. The standard InChI is InChI=1S/C48H49FN4O/c1-46(2,3)31-21-22-50-45(26-31)53-43-27-34(49)17-19-39(43)40-20-18-38(29-44(40)53)54-37-14-12-13-35(28-37)51-30-52(42-16-11-10-15-41(42)51)36-24-32(47(4,5)6)23-33(25-36)48(7,8)9/h10-29H,30H2,1-9H3. The quantitative estimate of drug-likeness (QED) is 0.178. The number of halogens is 1. The summed E-state index contributed by atoms with van der Waals surface area (Å²) in [5, 5.41) is 1.97. The van der Waals surface area contributed by atoms with Crippen LogP contribution in [0.25, 0.3) is 27.6 Å². The molecule has 0 atom stereocenters. The zero-order valence-electron chi connectivity index (χ0n) is 32.8. The van der Waals surface area contributed by atoms with Gasteiger partial charge in [-0.25, -0.2) is 9.37 Å². The van der Waals surface area contributed by atoms with Gasteiger partial charge in [0.05, 0.1) is 22.4 Å². The number of anilines is 4. The average Bonchev–Trinajstić information content (AvgIpc) is 3.66. The van der Waals surface area contributed by atoms with Gasteiger partial charge in [0.25, 0.3) is 0 Å². The van der Waals surface area contributed by atoms with Gasteiger partial charge in [0.1, 0.15) is 29.8 Å². The number of ether oxygens (including phenoxy) is 1. The lowest BCUT2D eigenvalue weighted by atomic mass is 9.80. The SMILES string of the molecule is CC(C)(C)c1cc(N2CN(c3cccc(Oc4ccc5c6ccc(F)cc6n(-c6cc(C(C)(C)C)ccn6)c5c4)c3)c3ccccc32)cc(C(C)(C)C)c1. The average molecular weight is 717 g/mol. The molecule has 7 aromatic rings. The zero-order chi connectivity index (χ0) is 38.2. The molecule has 0 amide bonds. The van der Waals surface area contributed by atoms with Crippen LogP contribution in [0.15, 0.2) is 121 Å². The Labute approximate surface area is 318 Å². The van der Waals surface area contributed by atoms with Crippen LogP contribution >= 0.6 is 0 Å². The summed E-state index contributed by atoms with van der Waals surface area (Å²) in [7, 11) is 0. The number of rotatable bonds is 5. The van der Waals surface area contributed by atoms with E-state index in [1.54, 1.807) is 6.07 Å². The molecule has 8 rings (SSSR count).